The number of hydrogen-bond donors (Lipinski definition) is 3. The summed E-state index contributed by atoms with van der Waals surface area (Å²) in [5.74, 6) is -0.174. The van der Waals surface area contributed by atoms with Gasteiger partial charge in [-0.15, -0.1) is 0 Å². The molecule has 158 valence electrons. The van der Waals surface area contributed by atoms with Gasteiger partial charge in [0.1, 0.15) is 17.3 Å². The molecule has 3 aromatic rings. The molecular weight excluding hydrogens is 388 g/mol. The van der Waals surface area contributed by atoms with Gasteiger partial charge in [0.2, 0.25) is 0 Å². The van der Waals surface area contributed by atoms with Gasteiger partial charge < -0.3 is 16.4 Å². The van der Waals surface area contributed by atoms with Crippen LogP contribution in [0.1, 0.15) is 31.5 Å². The summed E-state index contributed by atoms with van der Waals surface area (Å²) in [6.45, 7) is 6.65. The number of carbonyl (C=O) groups is 1. The molecule has 0 radical (unpaired) electrons. The smallest absolute Gasteiger partial charge is 0.319 e. The molecule has 0 aliphatic carbocycles. The molecule has 0 aliphatic rings. The molecule has 0 saturated heterocycles. The van der Waals surface area contributed by atoms with Gasteiger partial charge in [-0.3, -0.25) is 4.98 Å². The number of alkyl halides is 1. The van der Waals surface area contributed by atoms with Crippen molar-refractivity contribution < 1.29 is 13.6 Å². The number of benzene rings is 1. The summed E-state index contributed by atoms with van der Waals surface area (Å²) >= 11 is 0. The second-order valence-electron chi connectivity index (χ2n) is 7.92. The quantitative estimate of drug-likeness (QED) is 0.555. The number of nitrogen functional groups attached to an aromatic ring is 1. The van der Waals surface area contributed by atoms with E-state index < -0.39 is 17.5 Å². The predicted octanol–water partition coefficient (Wildman–Crippen LogP) is 4.89. The van der Waals surface area contributed by atoms with Gasteiger partial charge >= 0.3 is 6.03 Å². The van der Waals surface area contributed by atoms with Crippen molar-refractivity contribution in [2.24, 2.45) is 0 Å². The van der Waals surface area contributed by atoms with Crippen LogP contribution in [0, 0.1) is 19.7 Å². The Hall–Kier alpha value is -3.29. The normalized spacial score (nSPS) is 11.5. The van der Waals surface area contributed by atoms with Crippen molar-refractivity contribution in [1.82, 2.24) is 15.3 Å². The molecule has 8 heteroatoms. The number of aromatic nitrogens is 2. The molecule has 0 unspecified atom stereocenters. The number of halogens is 2. The van der Waals surface area contributed by atoms with E-state index in [-0.39, 0.29) is 18.7 Å². The van der Waals surface area contributed by atoms with Crippen LogP contribution in [0.2, 0.25) is 0 Å². The maximum absolute atomic E-state index is 14.5. The van der Waals surface area contributed by atoms with Crippen LogP contribution in [0.15, 0.2) is 30.5 Å². The Morgan fingerprint density at radius 1 is 1.17 bits per heavy atom. The first-order chi connectivity index (χ1) is 14.0. The van der Waals surface area contributed by atoms with Gasteiger partial charge in [0.05, 0.1) is 11.2 Å². The molecule has 0 aliphatic heterocycles. The van der Waals surface area contributed by atoms with Crippen molar-refractivity contribution in [3.05, 3.63) is 47.5 Å². The average Bonchev–Trinajstić information content (AvgIpc) is 2.62. The number of pyridine rings is 2. The van der Waals surface area contributed by atoms with Crippen molar-refractivity contribution in [2.45, 2.75) is 39.8 Å². The van der Waals surface area contributed by atoms with Gasteiger partial charge in [-0.05, 0) is 63.4 Å². The second kappa shape index (κ2) is 8.22. The zero-order valence-electron chi connectivity index (χ0n) is 17.4. The average molecular weight is 413 g/mol. The van der Waals surface area contributed by atoms with E-state index >= 15 is 0 Å². The molecule has 0 fully saturated rings. The van der Waals surface area contributed by atoms with Gasteiger partial charge in [0, 0.05) is 35.5 Å². The van der Waals surface area contributed by atoms with E-state index in [0.29, 0.717) is 11.4 Å². The summed E-state index contributed by atoms with van der Waals surface area (Å²) in [6.07, 6.45) is 1.79. The van der Waals surface area contributed by atoms with E-state index in [2.05, 4.69) is 20.6 Å². The molecule has 0 bridgehead atoms. The maximum Gasteiger partial charge on any atom is 0.319 e. The van der Waals surface area contributed by atoms with E-state index in [1.807, 2.05) is 13.0 Å². The lowest BCUT2D eigenvalue weighted by Gasteiger charge is -2.16. The minimum atomic E-state index is -1.39. The van der Waals surface area contributed by atoms with Crippen molar-refractivity contribution >= 4 is 28.4 Å². The van der Waals surface area contributed by atoms with Crippen molar-refractivity contribution in [2.75, 3.05) is 17.6 Å². The molecule has 0 atom stereocenters. The van der Waals surface area contributed by atoms with E-state index in [0.717, 1.165) is 27.7 Å². The van der Waals surface area contributed by atoms with E-state index in [9.17, 15) is 13.6 Å². The molecule has 4 N–H and O–H groups in total. The number of aryl methyl sites for hydroxylation is 2. The molecular formula is C22H25F2N5O. The van der Waals surface area contributed by atoms with Crippen LogP contribution >= 0.6 is 0 Å². The molecule has 30 heavy (non-hydrogen) atoms. The summed E-state index contributed by atoms with van der Waals surface area (Å²) < 4.78 is 28.0. The summed E-state index contributed by atoms with van der Waals surface area (Å²) in [6, 6.07) is 5.95. The van der Waals surface area contributed by atoms with Gasteiger partial charge in [-0.1, -0.05) is 0 Å². The van der Waals surface area contributed by atoms with Crippen LogP contribution in [0.4, 0.5) is 25.1 Å². The van der Waals surface area contributed by atoms with Gasteiger partial charge in [0.25, 0.3) is 0 Å². The van der Waals surface area contributed by atoms with Crippen LogP contribution in [-0.2, 0) is 0 Å². The maximum atomic E-state index is 14.5. The summed E-state index contributed by atoms with van der Waals surface area (Å²) in [4.78, 5) is 20.8. The molecule has 2 aromatic heterocycles. The third-order valence-electron chi connectivity index (χ3n) is 4.77. The Morgan fingerprint density at radius 2 is 1.90 bits per heavy atom. The first-order valence-electron chi connectivity index (χ1n) is 9.60. The Kier molecular flexibility index (Phi) is 5.87. The standard InChI is InChI=1S/C22H25F2N5O/c1-12-7-17(23)19(29-21(30)26-6-5-22(3,4)24)9-15(12)16-8-14-11-27-20(25)10-18(14)28-13(16)2/h7-11H,5-6H2,1-4H3,(H2,25,27)(H2,26,29,30). The Bertz CT molecular complexity index is 1110. The predicted molar refractivity (Wildman–Crippen MR) is 116 cm³/mol. The molecule has 2 amide bonds. The van der Waals surface area contributed by atoms with Gasteiger partial charge in [-0.2, -0.15) is 0 Å². The number of nitrogens with zero attached hydrogens (tertiary/aromatic N) is 2. The van der Waals surface area contributed by atoms with E-state index in [4.69, 9.17) is 5.73 Å². The fourth-order valence-corrected chi connectivity index (χ4v) is 3.15. The minimum absolute atomic E-state index is 0.0301. The Labute approximate surface area is 173 Å². The molecule has 1 aromatic carbocycles. The summed E-state index contributed by atoms with van der Waals surface area (Å²) in [7, 11) is 0. The van der Waals surface area contributed by atoms with Crippen molar-refractivity contribution in [1.29, 1.82) is 0 Å². The Morgan fingerprint density at radius 3 is 2.60 bits per heavy atom. The molecule has 6 nitrogen and oxygen atoms in total. The number of fused-ring (bicyclic) bond motifs is 1. The molecule has 0 saturated carbocycles. The fourth-order valence-electron chi connectivity index (χ4n) is 3.15. The zero-order chi connectivity index (χ0) is 22.1. The number of nitrogens with one attached hydrogen (secondary N) is 2. The SMILES string of the molecule is Cc1cc(F)c(NC(=O)NCCC(C)(C)F)cc1-c1cc2cnc(N)cc2nc1C. The summed E-state index contributed by atoms with van der Waals surface area (Å²) in [5.41, 5.74) is 8.06. The third-order valence-corrected chi connectivity index (χ3v) is 4.77. The number of carbonyl (C=O) groups excluding carboxylic acids is 1. The Balaban J connectivity index is 1.90. The van der Waals surface area contributed by atoms with Crippen LogP contribution in [0.5, 0.6) is 0 Å². The lowest BCUT2D eigenvalue weighted by Crippen LogP contribution is -2.32. The largest absolute Gasteiger partial charge is 0.384 e. The van der Waals surface area contributed by atoms with E-state index in [1.165, 1.54) is 19.9 Å². The number of urea groups is 1. The molecule has 0 spiro atoms. The topological polar surface area (TPSA) is 92.9 Å². The summed E-state index contributed by atoms with van der Waals surface area (Å²) in [5, 5.41) is 5.84. The van der Waals surface area contributed by atoms with E-state index in [1.54, 1.807) is 25.3 Å². The lowest BCUT2D eigenvalue weighted by molar-refractivity contribution is 0.200. The fraction of sp³-hybridized carbons (Fsp3) is 0.318. The van der Waals surface area contributed by atoms with Crippen LogP contribution in [0.3, 0.4) is 0 Å². The van der Waals surface area contributed by atoms with Crippen LogP contribution in [-0.4, -0.2) is 28.2 Å². The van der Waals surface area contributed by atoms with Crippen molar-refractivity contribution in [3.8, 4) is 11.1 Å². The highest BCUT2D eigenvalue weighted by molar-refractivity contribution is 5.92. The minimum Gasteiger partial charge on any atom is -0.384 e. The van der Waals surface area contributed by atoms with Crippen molar-refractivity contribution in [3.63, 3.8) is 0 Å². The second-order valence-corrected chi connectivity index (χ2v) is 7.92. The lowest BCUT2D eigenvalue weighted by atomic mass is 9.97. The van der Waals surface area contributed by atoms with Crippen LogP contribution in [0.25, 0.3) is 22.0 Å². The first-order valence-corrected chi connectivity index (χ1v) is 9.60. The van der Waals surface area contributed by atoms with Gasteiger partial charge in [-0.25, -0.2) is 18.6 Å². The number of anilines is 2. The monoisotopic (exact) mass is 413 g/mol. The number of hydrogen-bond acceptors (Lipinski definition) is 4. The number of rotatable bonds is 5. The van der Waals surface area contributed by atoms with Crippen LogP contribution < -0.4 is 16.4 Å². The first kappa shape index (κ1) is 21.4. The molecule has 2 heterocycles. The number of nitrogens with two attached hydrogens (primary N) is 1. The van der Waals surface area contributed by atoms with Gasteiger partial charge in [0.15, 0.2) is 0 Å². The number of amides is 2. The highest BCUT2D eigenvalue weighted by Gasteiger charge is 2.17. The molecule has 3 rings (SSSR count). The third kappa shape index (κ3) is 5.00. The highest BCUT2D eigenvalue weighted by atomic mass is 19.1. The highest BCUT2D eigenvalue weighted by Crippen LogP contribution is 2.32. The zero-order valence-corrected chi connectivity index (χ0v) is 17.4.